The molecule has 4 rings (SSSR count). The van der Waals surface area contributed by atoms with Crippen molar-refractivity contribution in [2.75, 3.05) is 11.4 Å². The van der Waals surface area contributed by atoms with Crippen LogP contribution in [0, 0.1) is 0 Å². The first kappa shape index (κ1) is 17.3. The molecule has 0 aliphatic carbocycles. The highest BCUT2D eigenvalue weighted by atomic mass is 16.5. The predicted octanol–water partition coefficient (Wildman–Crippen LogP) is 4.00. The van der Waals surface area contributed by atoms with E-state index in [9.17, 15) is 9.59 Å². The molecule has 1 aromatic heterocycles. The number of carbonyl (C=O) groups excluding carboxylic acids is 2. The zero-order valence-electron chi connectivity index (χ0n) is 15.1. The second kappa shape index (κ2) is 7.23. The maximum Gasteiger partial charge on any atom is 0.338 e. The fourth-order valence-electron chi connectivity index (χ4n) is 3.31. The summed E-state index contributed by atoms with van der Waals surface area (Å²) < 4.78 is 5.55. The summed E-state index contributed by atoms with van der Waals surface area (Å²) in [5.74, 6) is 0.328. The van der Waals surface area contributed by atoms with Gasteiger partial charge in [-0.25, -0.2) is 9.78 Å². The largest absolute Gasteiger partial charge is 0.451 e. The molecule has 1 atom stereocenters. The quantitative estimate of drug-likeness (QED) is 0.711. The first-order valence-electron chi connectivity index (χ1n) is 9.18. The lowest BCUT2D eigenvalue weighted by atomic mass is 10.1. The van der Waals surface area contributed by atoms with E-state index in [1.165, 1.54) is 0 Å². The van der Waals surface area contributed by atoms with Gasteiger partial charge in [-0.05, 0) is 56.2 Å². The fourth-order valence-corrected chi connectivity index (χ4v) is 3.31. The van der Waals surface area contributed by atoms with Gasteiger partial charge in [0.25, 0.3) is 0 Å². The molecule has 0 bridgehead atoms. The van der Waals surface area contributed by atoms with Crippen LogP contribution in [-0.2, 0) is 9.53 Å². The molecule has 2 heterocycles. The summed E-state index contributed by atoms with van der Waals surface area (Å²) in [4.78, 5) is 33.9. The molecule has 0 saturated carbocycles. The summed E-state index contributed by atoms with van der Waals surface area (Å²) in [5.41, 5.74) is 3.02. The van der Waals surface area contributed by atoms with Crippen LogP contribution in [0.1, 0.15) is 48.5 Å². The Kier molecular flexibility index (Phi) is 4.62. The number of benzene rings is 2. The highest BCUT2D eigenvalue weighted by Gasteiger charge is 2.21. The molecule has 6 heteroatoms. The lowest BCUT2D eigenvalue weighted by Crippen LogP contribution is -2.35. The molecule has 0 spiro atoms. The SMILES string of the molecule is C[C@H](OC(=O)c1ccc(N2CCCCC2=O)cc1)c1nc2ccccc2[nH]1. The van der Waals surface area contributed by atoms with Crippen LogP contribution >= 0.6 is 0 Å². The molecule has 0 unspecified atom stereocenters. The Morgan fingerprint density at radius 2 is 1.93 bits per heavy atom. The van der Waals surface area contributed by atoms with E-state index < -0.39 is 12.1 Å². The van der Waals surface area contributed by atoms with Crippen LogP contribution in [0.25, 0.3) is 11.0 Å². The fraction of sp³-hybridized carbons (Fsp3) is 0.286. The molecule has 3 aromatic rings. The number of H-pyrrole nitrogens is 1. The number of hydrogen-bond acceptors (Lipinski definition) is 4. The minimum Gasteiger partial charge on any atom is -0.451 e. The number of piperidine rings is 1. The number of para-hydroxylation sites is 2. The summed E-state index contributed by atoms with van der Waals surface area (Å²) in [6, 6.07) is 14.7. The van der Waals surface area contributed by atoms with Gasteiger partial charge < -0.3 is 14.6 Å². The van der Waals surface area contributed by atoms with Crippen LogP contribution < -0.4 is 4.90 Å². The summed E-state index contributed by atoms with van der Waals surface area (Å²) in [7, 11) is 0. The van der Waals surface area contributed by atoms with Crippen molar-refractivity contribution in [1.82, 2.24) is 9.97 Å². The highest BCUT2D eigenvalue weighted by Crippen LogP contribution is 2.23. The van der Waals surface area contributed by atoms with Gasteiger partial charge in [-0.3, -0.25) is 4.79 Å². The van der Waals surface area contributed by atoms with Crippen LogP contribution in [0.15, 0.2) is 48.5 Å². The zero-order chi connectivity index (χ0) is 18.8. The van der Waals surface area contributed by atoms with E-state index in [-0.39, 0.29) is 5.91 Å². The summed E-state index contributed by atoms with van der Waals surface area (Å²) in [5, 5.41) is 0. The maximum atomic E-state index is 12.5. The number of carbonyl (C=O) groups is 2. The lowest BCUT2D eigenvalue weighted by Gasteiger charge is -2.26. The second-order valence-corrected chi connectivity index (χ2v) is 6.74. The van der Waals surface area contributed by atoms with Gasteiger partial charge >= 0.3 is 5.97 Å². The van der Waals surface area contributed by atoms with E-state index in [2.05, 4.69) is 9.97 Å². The van der Waals surface area contributed by atoms with Crippen molar-refractivity contribution in [2.45, 2.75) is 32.3 Å². The third-order valence-electron chi connectivity index (χ3n) is 4.81. The third-order valence-corrected chi connectivity index (χ3v) is 4.81. The molecular weight excluding hydrogens is 342 g/mol. The Labute approximate surface area is 157 Å². The highest BCUT2D eigenvalue weighted by molar-refractivity contribution is 5.95. The Balaban J connectivity index is 1.45. The van der Waals surface area contributed by atoms with E-state index >= 15 is 0 Å². The minimum atomic E-state index is -0.492. The molecule has 1 fully saturated rings. The van der Waals surface area contributed by atoms with Gasteiger partial charge in [0, 0.05) is 18.7 Å². The molecule has 6 nitrogen and oxygen atoms in total. The Bertz CT molecular complexity index is 945. The molecule has 1 aliphatic rings. The molecule has 1 saturated heterocycles. The number of rotatable bonds is 4. The molecule has 1 amide bonds. The third kappa shape index (κ3) is 3.56. The first-order valence-corrected chi connectivity index (χ1v) is 9.18. The monoisotopic (exact) mass is 363 g/mol. The van der Waals surface area contributed by atoms with Gasteiger partial charge in [-0.1, -0.05) is 12.1 Å². The smallest absolute Gasteiger partial charge is 0.338 e. The summed E-state index contributed by atoms with van der Waals surface area (Å²) in [6.07, 6.45) is 2.04. The Morgan fingerprint density at radius 3 is 2.67 bits per heavy atom. The van der Waals surface area contributed by atoms with Gasteiger partial charge in [0.05, 0.1) is 16.6 Å². The maximum absolute atomic E-state index is 12.5. The van der Waals surface area contributed by atoms with Crippen LogP contribution in [0.2, 0.25) is 0 Å². The van der Waals surface area contributed by atoms with Crippen LogP contribution in [0.3, 0.4) is 0 Å². The van der Waals surface area contributed by atoms with Crippen LogP contribution in [0.4, 0.5) is 5.69 Å². The van der Waals surface area contributed by atoms with Crippen molar-refractivity contribution < 1.29 is 14.3 Å². The molecule has 138 valence electrons. The van der Waals surface area contributed by atoms with Gasteiger partial charge in [0.15, 0.2) is 6.10 Å². The molecule has 1 N–H and O–H groups in total. The number of aromatic nitrogens is 2. The average molecular weight is 363 g/mol. The number of aromatic amines is 1. The number of esters is 1. The van der Waals surface area contributed by atoms with Crippen LogP contribution in [-0.4, -0.2) is 28.4 Å². The van der Waals surface area contributed by atoms with E-state index in [0.29, 0.717) is 17.8 Å². The number of amides is 1. The summed E-state index contributed by atoms with van der Waals surface area (Å²) >= 11 is 0. The van der Waals surface area contributed by atoms with Crippen molar-refractivity contribution in [2.24, 2.45) is 0 Å². The van der Waals surface area contributed by atoms with Crippen molar-refractivity contribution in [3.8, 4) is 0 Å². The number of anilines is 1. The van der Waals surface area contributed by atoms with Crippen molar-refractivity contribution in [3.05, 3.63) is 59.9 Å². The van der Waals surface area contributed by atoms with E-state index in [1.807, 2.05) is 24.3 Å². The number of hydrogen-bond donors (Lipinski definition) is 1. The predicted molar refractivity (Wildman–Crippen MR) is 103 cm³/mol. The first-order chi connectivity index (χ1) is 13.1. The molecule has 27 heavy (non-hydrogen) atoms. The minimum absolute atomic E-state index is 0.134. The number of imidazole rings is 1. The zero-order valence-corrected chi connectivity index (χ0v) is 15.1. The topological polar surface area (TPSA) is 75.3 Å². The van der Waals surface area contributed by atoms with E-state index in [4.69, 9.17) is 4.74 Å². The van der Waals surface area contributed by atoms with Crippen molar-refractivity contribution in [3.63, 3.8) is 0 Å². The second-order valence-electron chi connectivity index (χ2n) is 6.74. The Morgan fingerprint density at radius 1 is 1.15 bits per heavy atom. The van der Waals surface area contributed by atoms with Gasteiger partial charge in [0.1, 0.15) is 5.82 Å². The molecular formula is C21H21N3O3. The normalized spacial score (nSPS) is 15.7. The van der Waals surface area contributed by atoms with Gasteiger partial charge in [0.2, 0.25) is 5.91 Å². The number of nitrogens with zero attached hydrogens (tertiary/aromatic N) is 2. The summed E-state index contributed by atoms with van der Waals surface area (Å²) in [6.45, 7) is 2.52. The average Bonchev–Trinajstić information content (AvgIpc) is 3.13. The molecule has 1 aliphatic heterocycles. The lowest BCUT2D eigenvalue weighted by molar-refractivity contribution is -0.119. The Hall–Kier alpha value is -3.15. The van der Waals surface area contributed by atoms with E-state index in [1.54, 1.807) is 36.1 Å². The number of ether oxygens (including phenoxy) is 1. The number of nitrogens with one attached hydrogen (secondary N) is 1. The van der Waals surface area contributed by atoms with Crippen LogP contribution in [0.5, 0.6) is 0 Å². The molecule has 2 aromatic carbocycles. The van der Waals surface area contributed by atoms with Gasteiger partial charge in [-0.2, -0.15) is 0 Å². The van der Waals surface area contributed by atoms with Gasteiger partial charge in [-0.15, -0.1) is 0 Å². The number of fused-ring (bicyclic) bond motifs is 1. The molecule has 0 radical (unpaired) electrons. The van der Waals surface area contributed by atoms with Crippen molar-refractivity contribution in [1.29, 1.82) is 0 Å². The van der Waals surface area contributed by atoms with E-state index in [0.717, 1.165) is 36.1 Å². The van der Waals surface area contributed by atoms with Crippen molar-refractivity contribution >= 4 is 28.6 Å². The standard InChI is InChI=1S/C21H21N3O3/c1-14(20-22-17-6-2-3-7-18(17)23-20)27-21(26)15-9-11-16(12-10-15)24-13-5-4-8-19(24)25/h2-3,6-7,9-12,14H,4-5,8,13H2,1H3,(H,22,23)/t14-/m0/s1.